The van der Waals surface area contributed by atoms with Gasteiger partial charge in [-0.05, 0) is 35.2 Å². The van der Waals surface area contributed by atoms with Gasteiger partial charge in [-0.15, -0.1) is 0 Å². The lowest BCUT2D eigenvalue weighted by molar-refractivity contribution is 0.865. The predicted molar refractivity (Wildman–Crippen MR) is 84.0 cm³/mol. The topological polar surface area (TPSA) is 35.8 Å². The molecule has 0 aliphatic rings. The van der Waals surface area contributed by atoms with Crippen molar-refractivity contribution in [3.63, 3.8) is 0 Å². The zero-order valence-corrected chi connectivity index (χ0v) is 12.4. The van der Waals surface area contributed by atoms with Gasteiger partial charge in [0, 0.05) is 12.2 Å². The molecule has 2 rings (SSSR count). The molecule has 0 bridgehead atoms. The molecule has 0 amide bonds. The molecule has 2 nitrogen and oxygen atoms in total. The quantitative estimate of drug-likeness (QED) is 0.862. The van der Waals surface area contributed by atoms with Crippen LogP contribution in [0, 0.1) is 11.3 Å². The van der Waals surface area contributed by atoms with Gasteiger partial charge in [0.15, 0.2) is 0 Å². The highest BCUT2D eigenvalue weighted by molar-refractivity contribution is 6.31. The van der Waals surface area contributed by atoms with Crippen LogP contribution in [-0.4, -0.2) is 0 Å². The second-order valence-corrected chi connectivity index (χ2v) is 5.46. The van der Waals surface area contributed by atoms with Gasteiger partial charge >= 0.3 is 0 Å². The van der Waals surface area contributed by atoms with Gasteiger partial charge < -0.3 is 5.32 Å². The van der Waals surface area contributed by atoms with Gasteiger partial charge in [-0.3, -0.25) is 0 Å². The van der Waals surface area contributed by atoms with E-state index in [0.29, 0.717) is 16.5 Å². The summed E-state index contributed by atoms with van der Waals surface area (Å²) in [7, 11) is 0. The largest absolute Gasteiger partial charge is 0.381 e. The number of nitriles is 1. The Hall–Kier alpha value is -1.98. The molecule has 0 aliphatic carbocycles. The smallest absolute Gasteiger partial charge is 0.101 e. The average Bonchev–Trinajstić information content (AvgIpc) is 2.46. The zero-order valence-electron chi connectivity index (χ0n) is 11.7. The Morgan fingerprint density at radius 2 is 1.85 bits per heavy atom. The van der Waals surface area contributed by atoms with E-state index in [2.05, 4.69) is 49.5 Å². The summed E-state index contributed by atoms with van der Waals surface area (Å²) in [6.45, 7) is 5.10. The van der Waals surface area contributed by atoms with Gasteiger partial charge in [-0.2, -0.15) is 5.26 Å². The van der Waals surface area contributed by atoms with Crippen molar-refractivity contribution in [2.45, 2.75) is 26.3 Å². The number of hydrogen-bond acceptors (Lipinski definition) is 2. The second kappa shape index (κ2) is 6.45. The molecule has 0 heterocycles. The van der Waals surface area contributed by atoms with E-state index in [4.69, 9.17) is 16.9 Å². The van der Waals surface area contributed by atoms with Crippen molar-refractivity contribution < 1.29 is 0 Å². The molecular formula is C17H17ClN2. The summed E-state index contributed by atoms with van der Waals surface area (Å²) in [5.41, 5.74) is 3.94. The molecule has 102 valence electrons. The molecule has 1 N–H and O–H groups in total. The molecule has 0 spiro atoms. The lowest BCUT2D eigenvalue weighted by Gasteiger charge is -2.09. The third-order valence-electron chi connectivity index (χ3n) is 3.23. The molecule has 0 saturated carbocycles. The summed E-state index contributed by atoms with van der Waals surface area (Å²) in [5.74, 6) is 0.548. The minimum Gasteiger partial charge on any atom is -0.381 e. The fraction of sp³-hybridized carbons (Fsp3) is 0.235. The van der Waals surface area contributed by atoms with E-state index >= 15 is 0 Å². The Morgan fingerprint density at radius 3 is 2.45 bits per heavy atom. The van der Waals surface area contributed by atoms with Crippen molar-refractivity contribution in [3.8, 4) is 6.07 Å². The first-order valence-electron chi connectivity index (χ1n) is 6.62. The molecule has 0 atom stereocenters. The fourth-order valence-electron chi connectivity index (χ4n) is 1.95. The molecule has 20 heavy (non-hydrogen) atoms. The highest BCUT2D eigenvalue weighted by atomic mass is 35.5. The lowest BCUT2D eigenvalue weighted by Crippen LogP contribution is -2.00. The Morgan fingerprint density at radius 1 is 1.15 bits per heavy atom. The maximum absolute atomic E-state index is 8.95. The van der Waals surface area contributed by atoms with E-state index in [1.54, 1.807) is 12.1 Å². The number of halogens is 1. The average molecular weight is 285 g/mol. The first-order valence-corrected chi connectivity index (χ1v) is 7.00. The maximum atomic E-state index is 8.95. The van der Waals surface area contributed by atoms with E-state index in [1.807, 2.05) is 6.07 Å². The highest BCUT2D eigenvalue weighted by Crippen LogP contribution is 2.20. The number of nitrogens with zero attached hydrogens (tertiary/aromatic N) is 1. The maximum Gasteiger partial charge on any atom is 0.101 e. The normalized spacial score (nSPS) is 10.3. The second-order valence-electron chi connectivity index (χ2n) is 5.06. The van der Waals surface area contributed by atoms with E-state index in [9.17, 15) is 0 Å². The van der Waals surface area contributed by atoms with Crippen LogP contribution in [0.5, 0.6) is 0 Å². The summed E-state index contributed by atoms with van der Waals surface area (Å²) in [5, 5.41) is 12.7. The standard InChI is InChI=1S/C17H17ClN2/c1-12(2)14-5-3-13(4-6-14)11-20-16-7-8-17(18)15(9-16)10-19/h3-9,12,20H,11H2,1-2H3. The van der Waals surface area contributed by atoms with Crippen molar-refractivity contribution in [1.82, 2.24) is 0 Å². The van der Waals surface area contributed by atoms with Gasteiger partial charge in [0.1, 0.15) is 6.07 Å². The van der Waals surface area contributed by atoms with Crippen LogP contribution < -0.4 is 5.32 Å². The van der Waals surface area contributed by atoms with E-state index in [-0.39, 0.29) is 0 Å². The van der Waals surface area contributed by atoms with Crippen LogP contribution in [0.4, 0.5) is 5.69 Å². The minimum atomic E-state index is 0.485. The molecule has 0 aromatic heterocycles. The number of nitrogens with one attached hydrogen (secondary N) is 1. The van der Waals surface area contributed by atoms with E-state index in [1.165, 1.54) is 11.1 Å². The molecule has 3 heteroatoms. The molecule has 0 saturated heterocycles. The van der Waals surface area contributed by atoms with Gasteiger partial charge in [-0.1, -0.05) is 49.7 Å². The summed E-state index contributed by atoms with van der Waals surface area (Å²) >= 11 is 5.91. The van der Waals surface area contributed by atoms with Crippen molar-refractivity contribution >= 4 is 17.3 Å². The van der Waals surface area contributed by atoms with E-state index < -0.39 is 0 Å². The first kappa shape index (κ1) is 14.4. The lowest BCUT2D eigenvalue weighted by atomic mass is 10.0. The van der Waals surface area contributed by atoms with Gasteiger partial charge in [0.2, 0.25) is 0 Å². The van der Waals surface area contributed by atoms with Crippen LogP contribution in [0.3, 0.4) is 0 Å². The van der Waals surface area contributed by atoms with Crippen molar-refractivity contribution in [1.29, 1.82) is 5.26 Å². The first-order chi connectivity index (χ1) is 9.60. The Labute approximate surface area is 125 Å². The van der Waals surface area contributed by atoms with Gasteiger partial charge in [0.05, 0.1) is 10.6 Å². The van der Waals surface area contributed by atoms with E-state index in [0.717, 1.165) is 12.2 Å². The zero-order chi connectivity index (χ0) is 14.5. The number of benzene rings is 2. The molecule has 2 aromatic rings. The van der Waals surface area contributed by atoms with Crippen molar-refractivity contribution in [3.05, 3.63) is 64.2 Å². The van der Waals surface area contributed by atoms with Crippen molar-refractivity contribution in [2.24, 2.45) is 0 Å². The molecule has 0 unspecified atom stereocenters. The van der Waals surface area contributed by atoms with Gasteiger partial charge in [-0.25, -0.2) is 0 Å². The predicted octanol–water partition coefficient (Wildman–Crippen LogP) is 4.95. The molecule has 0 fully saturated rings. The highest BCUT2D eigenvalue weighted by Gasteiger charge is 2.02. The monoisotopic (exact) mass is 284 g/mol. The SMILES string of the molecule is CC(C)c1ccc(CNc2ccc(Cl)c(C#N)c2)cc1. The molecule has 0 aliphatic heterocycles. The Kier molecular flexibility index (Phi) is 4.65. The number of rotatable bonds is 4. The molecule has 2 aromatic carbocycles. The van der Waals surface area contributed by atoms with Crippen LogP contribution in [0.2, 0.25) is 5.02 Å². The van der Waals surface area contributed by atoms with Crippen LogP contribution >= 0.6 is 11.6 Å². The Balaban J connectivity index is 2.03. The third-order valence-corrected chi connectivity index (χ3v) is 3.56. The minimum absolute atomic E-state index is 0.485. The summed E-state index contributed by atoms with van der Waals surface area (Å²) in [6.07, 6.45) is 0. The van der Waals surface area contributed by atoms with Gasteiger partial charge in [0.25, 0.3) is 0 Å². The molecule has 0 radical (unpaired) electrons. The molecular weight excluding hydrogens is 268 g/mol. The summed E-state index contributed by atoms with van der Waals surface area (Å²) < 4.78 is 0. The number of anilines is 1. The third kappa shape index (κ3) is 3.53. The van der Waals surface area contributed by atoms with Crippen LogP contribution in [0.1, 0.15) is 36.5 Å². The summed E-state index contributed by atoms with van der Waals surface area (Å²) in [6, 6.07) is 16.0. The number of hydrogen-bond donors (Lipinski definition) is 1. The Bertz CT molecular complexity index is 624. The van der Waals surface area contributed by atoms with Crippen LogP contribution in [0.25, 0.3) is 0 Å². The summed E-state index contributed by atoms with van der Waals surface area (Å²) in [4.78, 5) is 0. The van der Waals surface area contributed by atoms with Crippen LogP contribution in [0.15, 0.2) is 42.5 Å². The van der Waals surface area contributed by atoms with Crippen molar-refractivity contribution in [2.75, 3.05) is 5.32 Å². The van der Waals surface area contributed by atoms with Crippen LogP contribution in [-0.2, 0) is 6.54 Å². The fourth-order valence-corrected chi connectivity index (χ4v) is 2.11.